The number of hydrogen-bond acceptors (Lipinski definition) is 1. The van der Waals surface area contributed by atoms with E-state index in [2.05, 4.69) is 5.10 Å². The quantitative estimate of drug-likeness (QED) is 0.657. The molecule has 66 valence electrons. The van der Waals surface area contributed by atoms with Crippen molar-refractivity contribution in [2.24, 2.45) is 0 Å². The van der Waals surface area contributed by atoms with Crippen LogP contribution in [0.1, 0.15) is 0 Å². The van der Waals surface area contributed by atoms with Crippen molar-refractivity contribution in [3.63, 3.8) is 0 Å². The van der Waals surface area contributed by atoms with Gasteiger partial charge in [-0.15, -0.1) is 0 Å². The topological polar surface area (TPSA) is 17.8 Å². The molecule has 0 bridgehead atoms. The van der Waals surface area contributed by atoms with Crippen LogP contribution in [0.4, 0.5) is 8.78 Å². The van der Waals surface area contributed by atoms with E-state index in [9.17, 15) is 8.78 Å². The van der Waals surface area contributed by atoms with Crippen LogP contribution in [0.15, 0.2) is 36.5 Å². The lowest BCUT2D eigenvalue weighted by atomic mass is 10.3. The molecule has 2 rings (SSSR count). The first-order chi connectivity index (χ1) is 6.27. The number of rotatable bonds is 1. The van der Waals surface area contributed by atoms with Crippen LogP contribution in [0.3, 0.4) is 0 Å². The molecule has 13 heavy (non-hydrogen) atoms. The fraction of sp³-hybridized carbons (Fsp3) is 0. The Kier molecular flexibility index (Phi) is 1.81. The van der Waals surface area contributed by atoms with Crippen LogP contribution in [-0.2, 0) is 0 Å². The van der Waals surface area contributed by atoms with Gasteiger partial charge in [-0.1, -0.05) is 0 Å². The number of aromatic nitrogens is 2. The maximum Gasteiger partial charge on any atom is 0.216 e. The average Bonchev–Trinajstić information content (AvgIpc) is 2.53. The van der Waals surface area contributed by atoms with Gasteiger partial charge in [-0.25, -0.2) is 9.07 Å². The maximum atomic E-state index is 12.9. The first-order valence-electron chi connectivity index (χ1n) is 3.73. The summed E-state index contributed by atoms with van der Waals surface area (Å²) in [6.45, 7) is 0. The second-order valence-corrected chi connectivity index (χ2v) is 2.54. The lowest BCUT2D eigenvalue weighted by molar-refractivity contribution is 0.536. The second-order valence-electron chi connectivity index (χ2n) is 2.54. The van der Waals surface area contributed by atoms with E-state index in [-0.39, 0.29) is 5.82 Å². The average molecular weight is 180 g/mol. The zero-order valence-corrected chi connectivity index (χ0v) is 6.61. The molecule has 4 heteroatoms. The van der Waals surface area contributed by atoms with Crippen molar-refractivity contribution in [2.45, 2.75) is 0 Å². The van der Waals surface area contributed by atoms with E-state index in [0.29, 0.717) is 5.69 Å². The van der Waals surface area contributed by atoms with Gasteiger partial charge in [0.15, 0.2) is 0 Å². The molecule has 0 unspecified atom stereocenters. The molecule has 2 aromatic rings. The molecule has 0 saturated heterocycles. The molecule has 0 spiro atoms. The molecule has 0 aliphatic carbocycles. The van der Waals surface area contributed by atoms with Gasteiger partial charge < -0.3 is 0 Å². The highest BCUT2D eigenvalue weighted by molar-refractivity contribution is 5.30. The van der Waals surface area contributed by atoms with Gasteiger partial charge in [0, 0.05) is 6.07 Å². The SMILES string of the molecule is Fc1ccc(-n2nccc2F)cc1. The van der Waals surface area contributed by atoms with Crippen LogP contribution in [0.25, 0.3) is 5.69 Å². The van der Waals surface area contributed by atoms with Gasteiger partial charge in [0.2, 0.25) is 5.95 Å². The predicted molar refractivity (Wildman–Crippen MR) is 43.5 cm³/mol. The number of nitrogens with zero attached hydrogens (tertiary/aromatic N) is 2. The Morgan fingerprint density at radius 3 is 2.23 bits per heavy atom. The van der Waals surface area contributed by atoms with E-state index in [1.54, 1.807) is 0 Å². The largest absolute Gasteiger partial charge is 0.216 e. The first-order valence-corrected chi connectivity index (χ1v) is 3.73. The molecule has 2 nitrogen and oxygen atoms in total. The van der Waals surface area contributed by atoms with Crippen LogP contribution in [0, 0.1) is 11.8 Å². The smallest absolute Gasteiger partial charge is 0.207 e. The molecular weight excluding hydrogens is 174 g/mol. The maximum absolute atomic E-state index is 12.9. The summed E-state index contributed by atoms with van der Waals surface area (Å²) >= 11 is 0. The van der Waals surface area contributed by atoms with E-state index in [1.165, 1.54) is 36.5 Å². The zero-order valence-electron chi connectivity index (χ0n) is 6.61. The minimum Gasteiger partial charge on any atom is -0.207 e. The normalized spacial score (nSPS) is 10.3. The summed E-state index contributed by atoms with van der Waals surface area (Å²) in [5.41, 5.74) is 0.504. The Bertz CT molecular complexity index is 406. The summed E-state index contributed by atoms with van der Waals surface area (Å²) < 4.78 is 26.5. The van der Waals surface area contributed by atoms with E-state index < -0.39 is 5.95 Å². The van der Waals surface area contributed by atoms with Crippen LogP contribution in [-0.4, -0.2) is 9.78 Å². The van der Waals surface area contributed by atoms with Crippen molar-refractivity contribution in [3.05, 3.63) is 48.3 Å². The lowest BCUT2D eigenvalue weighted by Crippen LogP contribution is -1.98. The van der Waals surface area contributed by atoms with Gasteiger partial charge in [-0.3, -0.25) is 0 Å². The minimum atomic E-state index is -0.466. The van der Waals surface area contributed by atoms with Crippen molar-refractivity contribution >= 4 is 0 Å². The molecule has 1 heterocycles. The van der Waals surface area contributed by atoms with Crippen molar-refractivity contribution in [1.82, 2.24) is 9.78 Å². The van der Waals surface area contributed by atoms with Gasteiger partial charge in [0.1, 0.15) is 5.82 Å². The van der Waals surface area contributed by atoms with Gasteiger partial charge in [0.05, 0.1) is 11.9 Å². The van der Waals surface area contributed by atoms with Crippen LogP contribution in [0.2, 0.25) is 0 Å². The lowest BCUT2D eigenvalue weighted by Gasteiger charge is -2.00. The van der Waals surface area contributed by atoms with E-state index in [4.69, 9.17) is 0 Å². The minimum absolute atomic E-state index is 0.351. The third-order valence-corrected chi connectivity index (χ3v) is 1.67. The molecule has 0 aliphatic rings. The summed E-state index contributed by atoms with van der Waals surface area (Å²) in [7, 11) is 0. The Morgan fingerprint density at radius 2 is 1.69 bits per heavy atom. The summed E-state index contributed by atoms with van der Waals surface area (Å²) in [5, 5.41) is 3.73. The number of hydrogen-bond donors (Lipinski definition) is 0. The summed E-state index contributed by atoms with van der Waals surface area (Å²) in [5.74, 6) is -0.817. The van der Waals surface area contributed by atoms with Crippen molar-refractivity contribution < 1.29 is 8.78 Å². The van der Waals surface area contributed by atoms with Crippen LogP contribution < -0.4 is 0 Å². The van der Waals surface area contributed by atoms with Crippen molar-refractivity contribution in [3.8, 4) is 5.69 Å². The Labute approximate surface area is 73.4 Å². The molecule has 1 aromatic carbocycles. The summed E-state index contributed by atoms with van der Waals surface area (Å²) in [6, 6.07) is 6.69. The Hall–Kier alpha value is -1.71. The Morgan fingerprint density at radius 1 is 1.00 bits per heavy atom. The van der Waals surface area contributed by atoms with Gasteiger partial charge in [0.25, 0.3) is 0 Å². The Balaban J connectivity index is 2.47. The van der Waals surface area contributed by atoms with Crippen LogP contribution in [0.5, 0.6) is 0 Å². The zero-order chi connectivity index (χ0) is 9.26. The summed E-state index contributed by atoms with van der Waals surface area (Å²) in [6.07, 6.45) is 1.35. The fourth-order valence-corrected chi connectivity index (χ4v) is 1.06. The molecule has 0 saturated carbocycles. The molecule has 0 N–H and O–H groups in total. The highest BCUT2D eigenvalue weighted by atomic mass is 19.1. The number of benzene rings is 1. The van der Waals surface area contributed by atoms with Gasteiger partial charge in [-0.2, -0.15) is 9.49 Å². The van der Waals surface area contributed by atoms with E-state index >= 15 is 0 Å². The van der Waals surface area contributed by atoms with Gasteiger partial charge >= 0.3 is 0 Å². The predicted octanol–water partition coefficient (Wildman–Crippen LogP) is 2.15. The third kappa shape index (κ3) is 1.42. The summed E-state index contributed by atoms with van der Waals surface area (Å²) in [4.78, 5) is 0. The third-order valence-electron chi connectivity index (χ3n) is 1.67. The molecule has 0 amide bonds. The van der Waals surface area contributed by atoms with Crippen molar-refractivity contribution in [1.29, 1.82) is 0 Å². The molecular formula is C9H6F2N2. The van der Waals surface area contributed by atoms with Crippen LogP contribution >= 0.6 is 0 Å². The monoisotopic (exact) mass is 180 g/mol. The highest BCUT2D eigenvalue weighted by Crippen LogP contribution is 2.09. The molecule has 0 radical (unpaired) electrons. The molecule has 1 aromatic heterocycles. The highest BCUT2D eigenvalue weighted by Gasteiger charge is 2.02. The molecule has 0 atom stereocenters. The standard InChI is InChI=1S/C9H6F2N2/c10-7-1-3-8(4-2-7)13-9(11)5-6-12-13/h1-6H. The number of halogens is 2. The first kappa shape index (κ1) is 7.91. The second kappa shape index (κ2) is 2.97. The molecule has 0 aliphatic heterocycles. The van der Waals surface area contributed by atoms with Gasteiger partial charge in [-0.05, 0) is 24.3 Å². The molecule has 0 fully saturated rings. The van der Waals surface area contributed by atoms with Crippen molar-refractivity contribution in [2.75, 3.05) is 0 Å². The van der Waals surface area contributed by atoms with E-state index in [0.717, 1.165) is 4.68 Å². The van der Waals surface area contributed by atoms with E-state index in [1.807, 2.05) is 0 Å². The fourth-order valence-electron chi connectivity index (χ4n) is 1.06.